The van der Waals surface area contributed by atoms with Gasteiger partial charge < -0.3 is 5.32 Å². The quantitative estimate of drug-likeness (QED) is 0.772. The molecule has 0 amide bonds. The second-order valence-electron chi connectivity index (χ2n) is 4.95. The molecule has 2 rings (SSSR count). The highest BCUT2D eigenvalue weighted by Gasteiger charge is 2.11. The zero-order valence-electron chi connectivity index (χ0n) is 11.4. The van der Waals surface area contributed by atoms with Crippen molar-refractivity contribution in [3.05, 3.63) is 57.3 Å². The molecule has 0 bridgehead atoms. The van der Waals surface area contributed by atoms with Crippen LogP contribution in [0.1, 0.15) is 19.4 Å². The van der Waals surface area contributed by atoms with Crippen LogP contribution >= 0.6 is 27.5 Å². The smallest absolute Gasteiger partial charge is 0.145 e. The average molecular weight is 357 g/mol. The molecule has 106 valence electrons. The van der Waals surface area contributed by atoms with Crippen molar-refractivity contribution in [3.63, 3.8) is 0 Å². The molecule has 2 aromatic carbocycles. The van der Waals surface area contributed by atoms with E-state index in [0.717, 1.165) is 12.1 Å². The first-order valence-corrected chi connectivity index (χ1v) is 7.62. The minimum atomic E-state index is -0.289. The number of halogens is 3. The maximum Gasteiger partial charge on any atom is 0.145 e. The van der Waals surface area contributed by atoms with E-state index in [0.29, 0.717) is 26.7 Å². The fraction of sp³-hybridized carbons (Fsp3) is 0.250. The van der Waals surface area contributed by atoms with Crippen LogP contribution in [0.4, 0.5) is 4.39 Å². The van der Waals surface area contributed by atoms with E-state index in [-0.39, 0.29) is 5.82 Å². The largest absolute Gasteiger partial charge is 0.310 e. The molecule has 0 atom stereocenters. The molecular formula is C16H16BrClFN. The molecule has 0 aliphatic rings. The van der Waals surface area contributed by atoms with Crippen LogP contribution in [0.2, 0.25) is 5.02 Å². The maximum absolute atomic E-state index is 14.1. The van der Waals surface area contributed by atoms with Crippen molar-refractivity contribution >= 4 is 27.5 Å². The predicted octanol–water partition coefficient (Wildman–Crippen LogP) is 5.41. The minimum Gasteiger partial charge on any atom is -0.310 e. The zero-order chi connectivity index (χ0) is 14.7. The highest BCUT2D eigenvalue weighted by atomic mass is 79.9. The molecule has 0 saturated carbocycles. The van der Waals surface area contributed by atoms with Crippen molar-refractivity contribution in [2.45, 2.75) is 26.4 Å². The Kier molecular flexibility index (Phi) is 5.19. The molecule has 0 saturated heterocycles. The minimum absolute atomic E-state index is 0.289. The first-order valence-electron chi connectivity index (χ1n) is 6.45. The van der Waals surface area contributed by atoms with Gasteiger partial charge in [-0.3, -0.25) is 0 Å². The first kappa shape index (κ1) is 15.5. The third-order valence-electron chi connectivity index (χ3n) is 2.99. The van der Waals surface area contributed by atoms with Crippen LogP contribution in [0.25, 0.3) is 11.1 Å². The lowest BCUT2D eigenvalue weighted by molar-refractivity contribution is 0.589. The molecule has 2 aromatic rings. The summed E-state index contributed by atoms with van der Waals surface area (Å²) < 4.78 is 14.5. The molecule has 0 spiro atoms. The molecule has 4 heteroatoms. The lowest BCUT2D eigenvalue weighted by Crippen LogP contribution is -2.21. The summed E-state index contributed by atoms with van der Waals surface area (Å²) >= 11 is 9.49. The fourth-order valence-electron chi connectivity index (χ4n) is 1.92. The number of rotatable bonds is 4. The van der Waals surface area contributed by atoms with Gasteiger partial charge in [0, 0.05) is 28.7 Å². The Balaban J connectivity index is 2.32. The van der Waals surface area contributed by atoms with Gasteiger partial charge in [0.05, 0.1) is 4.47 Å². The standard InChI is InChI=1S/C16H16BrClFN/c1-10(2)20-9-11-6-7-12(15(18)8-11)13-4-3-5-14(17)16(13)19/h3-8,10,20H,9H2,1-2H3. The van der Waals surface area contributed by atoms with Crippen molar-refractivity contribution < 1.29 is 4.39 Å². The summed E-state index contributed by atoms with van der Waals surface area (Å²) in [6, 6.07) is 11.3. The van der Waals surface area contributed by atoms with E-state index in [2.05, 4.69) is 35.1 Å². The lowest BCUT2D eigenvalue weighted by Gasteiger charge is -2.11. The number of hydrogen-bond donors (Lipinski definition) is 1. The van der Waals surface area contributed by atoms with Gasteiger partial charge >= 0.3 is 0 Å². The predicted molar refractivity (Wildman–Crippen MR) is 86.5 cm³/mol. The van der Waals surface area contributed by atoms with Gasteiger partial charge in [-0.15, -0.1) is 0 Å². The van der Waals surface area contributed by atoms with Crippen molar-refractivity contribution in [1.82, 2.24) is 5.32 Å². The fourth-order valence-corrected chi connectivity index (χ4v) is 2.59. The molecule has 0 aliphatic carbocycles. The normalized spacial score (nSPS) is 11.1. The SMILES string of the molecule is CC(C)NCc1ccc(-c2cccc(Br)c2F)c(Cl)c1. The number of benzene rings is 2. The molecule has 0 radical (unpaired) electrons. The van der Waals surface area contributed by atoms with Crippen LogP contribution in [0, 0.1) is 5.82 Å². The van der Waals surface area contributed by atoms with E-state index < -0.39 is 0 Å². The monoisotopic (exact) mass is 355 g/mol. The van der Waals surface area contributed by atoms with Crippen molar-refractivity contribution in [1.29, 1.82) is 0 Å². The summed E-state index contributed by atoms with van der Waals surface area (Å²) in [4.78, 5) is 0. The van der Waals surface area contributed by atoms with Crippen LogP contribution in [-0.2, 0) is 6.54 Å². The first-order chi connectivity index (χ1) is 9.49. The van der Waals surface area contributed by atoms with E-state index in [4.69, 9.17) is 11.6 Å². The second-order valence-corrected chi connectivity index (χ2v) is 6.21. The molecular weight excluding hydrogens is 341 g/mol. The Morgan fingerprint density at radius 3 is 2.60 bits per heavy atom. The third kappa shape index (κ3) is 3.60. The summed E-state index contributed by atoms with van der Waals surface area (Å²) in [5.41, 5.74) is 2.30. The molecule has 0 heterocycles. The van der Waals surface area contributed by atoms with Crippen LogP contribution in [0.15, 0.2) is 40.9 Å². The Morgan fingerprint density at radius 1 is 1.20 bits per heavy atom. The second kappa shape index (κ2) is 6.70. The van der Waals surface area contributed by atoms with Gasteiger partial charge in [-0.1, -0.05) is 49.7 Å². The summed E-state index contributed by atoms with van der Waals surface area (Å²) in [6.45, 7) is 4.93. The number of nitrogens with one attached hydrogen (secondary N) is 1. The summed E-state index contributed by atoms with van der Waals surface area (Å²) in [5, 5.41) is 3.89. The van der Waals surface area contributed by atoms with Crippen molar-refractivity contribution in [3.8, 4) is 11.1 Å². The van der Waals surface area contributed by atoms with E-state index in [1.54, 1.807) is 18.2 Å². The van der Waals surface area contributed by atoms with Crippen LogP contribution in [0.3, 0.4) is 0 Å². The Bertz CT molecular complexity index is 613. The Hall–Kier alpha value is -0.900. The van der Waals surface area contributed by atoms with Gasteiger partial charge in [-0.25, -0.2) is 4.39 Å². The zero-order valence-corrected chi connectivity index (χ0v) is 13.7. The molecule has 0 aromatic heterocycles. The lowest BCUT2D eigenvalue weighted by atomic mass is 10.0. The van der Waals surface area contributed by atoms with Crippen molar-refractivity contribution in [2.24, 2.45) is 0 Å². The topological polar surface area (TPSA) is 12.0 Å². The summed E-state index contributed by atoms with van der Waals surface area (Å²) in [7, 11) is 0. The Morgan fingerprint density at radius 2 is 1.95 bits per heavy atom. The highest BCUT2D eigenvalue weighted by Crippen LogP contribution is 2.33. The van der Waals surface area contributed by atoms with Crippen LogP contribution < -0.4 is 5.32 Å². The van der Waals surface area contributed by atoms with E-state index >= 15 is 0 Å². The summed E-state index contributed by atoms with van der Waals surface area (Å²) in [6.07, 6.45) is 0. The van der Waals surface area contributed by atoms with Gasteiger partial charge in [-0.05, 0) is 33.6 Å². The molecule has 1 N–H and O–H groups in total. The Labute approximate surface area is 132 Å². The van der Waals surface area contributed by atoms with E-state index in [1.165, 1.54) is 0 Å². The molecule has 1 nitrogen and oxygen atoms in total. The maximum atomic E-state index is 14.1. The molecule has 20 heavy (non-hydrogen) atoms. The van der Waals surface area contributed by atoms with Gasteiger partial charge in [0.2, 0.25) is 0 Å². The van der Waals surface area contributed by atoms with Crippen molar-refractivity contribution in [2.75, 3.05) is 0 Å². The van der Waals surface area contributed by atoms with Gasteiger partial charge in [0.25, 0.3) is 0 Å². The number of hydrogen-bond acceptors (Lipinski definition) is 1. The third-order valence-corrected chi connectivity index (χ3v) is 3.91. The highest BCUT2D eigenvalue weighted by molar-refractivity contribution is 9.10. The van der Waals surface area contributed by atoms with E-state index in [9.17, 15) is 4.39 Å². The molecule has 0 fully saturated rings. The van der Waals surface area contributed by atoms with E-state index in [1.807, 2.05) is 18.2 Å². The summed E-state index contributed by atoms with van der Waals surface area (Å²) in [5.74, 6) is -0.289. The van der Waals surface area contributed by atoms with Gasteiger partial charge in [0.1, 0.15) is 5.82 Å². The van der Waals surface area contributed by atoms with Gasteiger partial charge in [-0.2, -0.15) is 0 Å². The molecule has 0 unspecified atom stereocenters. The molecule has 0 aliphatic heterocycles. The van der Waals surface area contributed by atoms with Crippen LogP contribution in [0.5, 0.6) is 0 Å². The van der Waals surface area contributed by atoms with Gasteiger partial charge in [0.15, 0.2) is 0 Å². The average Bonchev–Trinajstić information content (AvgIpc) is 2.40. The van der Waals surface area contributed by atoms with Crippen LogP contribution in [-0.4, -0.2) is 6.04 Å².